The molecule has 1 aliphatic rings. The highest BCUT2D eigenvalue weighted by atomic mass is 19.1. The Kier molecular flexibility index (Phi) is 6.47. The van der Waals surface area contributed by atoms with Crippen LogP contribution in [0.2, 0.25) is 0 Å². The minimum absolute atomic E-state index is 0.202. The van der Waals surface area contributed by atoms with Crippen molar-refractivity contribution in [2.24, 2.45) is 0 Å². The number of nitrogens with zero attached hydrogens (tertiary/aromatic N) is 4. The predicted molar refractivity (Wildman–Crippen MR) is 118 cm³/mol. The number of hydrogen-bond donors (Lipinski definition) is 2. The molecule has 1 aromatic carbocycles. The molecule has 7 nitrogen and oxygen atoms in total. The lowest BCUT2D eigenvalue weighted by Crippen LogP contribution is -2.39. The first-order valence-corrected chi connectivity index (χ1v) is 10.4. The molecule has 0 bridgehead atoms. The molecule has 2 aromatic heterocycles. The number of halogens is 1. The van der Waals surface area contributed by atoms with E-state index in [4.69, 9.17) is 4.98 Å². The Morgan fingerprint density at radius 1 is 1.13 bits per heavy atom. The number of anilines is 3. The van der Waals surface area contributed by atoms with Crippen LogP contribution in [-0.2, 0) is 4.79 Å². The molecular formula is C23H25FN6O. The van der Waals surface area contributed by atoms with Crippen LogP contribution in [0.3, 0.4) is 0 Å². The summed E-state index contributed by atoms with van der Waals surface area (Å²) in [6.07, 6.45) is 5.21. The van der Waals surface area contributed by atoms with Gasteiger partial charge in [0.2, 0.25) is 11.9 Å². The van der Waals surface area contributed by atoms with E-state index in [1.54, 1.807) is 36.7 Å². The Balaban J connectivity index is 1.33. The van der Waals surface area contributed by atoms with E-state index in [9.17, 15) is 9.18 Å². The minimum atomic E-state index is -0.426. The zero-order valence-corrected chi connectivity index (χ0v) is 17.4. The summed E-state index contributed by atoms with van der Waals surface area (Å²) in [4.78, 5) is 27.5. The van der Waals surface area contributed by atoms with Crippen molar-refractivity contribution < 1.29 is 9.18 Å². The molecule has 4 rings (SSSR count). The third kappa shape index (κ3) is 5.61. The summed E-state index contributed by atoms with van der Waals surface area (Å²) in [6, 6.07) is 12.0. The van der Waals surface area contributed by atoms with Crippen molar-refractivity contribution >= 4 is 23.2 Å². The first-order valence-electron chi connectivity index (χ1n) is 10.4. The van der Waals surface area contributed by atoms with Gasteiger partial charge in [-0.3, -0.25) is 14.7 Å². The number of carbonyl (C=O) groups excluding carboxylic acids is 1. The van der Waals surface area contributed by atoms with Crippen molar-refractivity contribution in [1.29, 1.82) is 0 Å². The Morgan fingerprint density at radius 2 is 1.87 bits per heavy atom. The number of pyridine rings is 1. The van der Waals surface area contributed by atoms with E-state index >= 15 is 0 Å². The molecule has 0 atom stereocenters. The average molecular weight is 420 g/mol. The van der Waals surface area contributed by atoms with Gasteiger partial charge in [-0.05, 0) is 63.2 Å². The highest BCUT2D eigenvalue weighted by Gasteiger charge is 2.23. The van der Waals surface area contributed by atoms with Gasteiger partial charge in [-0.25, -0.2) is 14.4 Å². The van der Waals surface area contributed by atoms with Crippen LogP contribution in [0.15, 0.2) is 54.9 Å². The van der Waals surface area contributed by atoms with Gasteiger partial charge >= 0.3 is 0 Å². The van der Waals surface area contributed by atoms with Crippen molar-refractivity contribution in [1.82, 2.24) is 19.9 Å². The van der Waals surface area contributed by atoms with Gasteiger partial charge < -0.3 is 10.6 Å². The summed E-state index contributed by atoms with van der Waals surface area (Å²) < 4.78 is 13.7. The third-order valence-electron chi connectivity index (χ3n) is 5.32. The van der Waals surface area contributed by atoms with Crippen molar-refractivity contribution in [2.45, 2.75) is 25.7 Å². The summed E-state index contributed by atoms with van der Waals surface area (Å²) in [7, 11) is 0. The SMILES string of the molecule is Cc1cc(Nc2ncccn2)cc(C2CCN(CC(=O)Nc3ccccc3F)CC2)n1. The van der Waals surface area contributed by atoms with Gasteiger partial charge in [0.15, 0.2) is 0 Å². The second-order valence-electron chi connectivity index (χ2n) is 7.70. The second kappa shape index (κ2) is 9.61. The predicted octanol–water partition coefficient (Wildman–Crippen LogP) is 3.88. The quantitative estimate of drug-likeness (QED) is 0.630. The first kappa shape index (κ1) is 20.9. The standard InChI is InChI=1S/C23H25FN6O/c1-16-13-18(28-23-25-9-4-10-26-23)14-21(27-16)17-7-11-30(12-8-17)15-22(31)29-20-6-3-2-5-19(20)24/h2-6,9-10,13-14,17H,7-8,11-12,15H2,1H3,(H,29,31)(H,25,26,27,28). The lowest BCUT2D eigenvalue weighted by molar-refractivity contribution is -0.117. The molecule has 3 heterocycles. The third-order valence-corrected chi connectivity index (χ3v) is 5.32. The molecule has 1 saturated heterocycles. The summed E-state index contributed by atoms with van der Waals surface area (Å²) in [5.41, 5.74) is 3.10. The largest absolute Gasteiger partial charge is 0.324 e. The number of piperidine rings is 1. The maximum Gasteiger partial charge on any atom is 0.238 e. The maximum absolute atomic E-state index is 13.7. The first-order chi connectivity index (χ1) is 15.1. The number of rotatable bonds is 6. The number of nitrogens with one attached hydrogen (secondary N) is 2. The molecule has 8 heteroatoms. The summed E-state index contributed by atoms with van der Waals surface area (Å²) >= 11 is 0. The van der Waals surface area contributed by atoms with Gasteiger partial charge in [0.05, 0.1) is 12.2 Å². The summed E-state index contributed by atoms with van der Waals surface area (Å²) in [5.74, 6) is 0.245. The minimum Gasteiger partial charge on any atom is -0.324 e. The molecule has 3 aromatic rings. The fourth-order valence-electron chi connectivity index (χ4n) is 3.81. The Morgan fingerprint density at radius 3 is 2.61 bits per heavy atom. The monoisotopic (exact) mass is 420 g/mol. The van der Waals surface area contributed by atoms with Crippen LogP contribution in [-0.4, -0.2) is 45.4 Å². The molecule has 160 valence electrons. The van der Waals surface area contributed by atoms with E-state index in [-0.39, 0.29) is 18.1 Å². The summed E-state index contributed by atoms with van der Waals surface area (Å²) in [6.45, 7) is 3.80. The number of hydrogen-bond acceptors (Lipinski definition) is 6. The number of amides is 1. The van der Waals surface area contributed by atoms with E-state index in [0.29, 0.717) is 11.9 Å². The van der Waals surface area contributed by atoms with Gasteiger partial charge in [0, 0.05) is 35.4 Å². The van der Waals surface area contributed by atoms with Gasteiger partial charge in [0.1, 0.15) is 5.82 Å². The van der Waals surface area contributed by atoms with E-state index in [0.717, 1.165) is 43.0 Å². The van der Waals surface area contributed by atoms with E-state index < -0.39 is 5.82 Å². The molecule has 0 unspecified atom stereocenters. The zero-order chi connectivity index (χ0) is 21.6. The van der Waals surface area contributed by atoms with Crippen LogP contribution in [0.5, 0.6) is 0 Å². The lowest BCUT2D eigenvalue weighted by atomic mass is 9.92. The normalized spacial score (nSPS) is 14.9. The summed E-state index contributed by atoms with van der Waals surface area (Å²) in [5, 5.41) is 5.88. The lowest BCUT2D eigenvalue weighted by Gasteiger charge is -2.31. The highest BCUT2D eigenvalue weighted by molar-refractivity contribution is 5.92. The fourth-order valence-corrected chi connectivity index (χ4v) is 3.81. The van der Waals surface area contributed by atoms with Gasteiger partial charge in [-0.15, -0.1) is 0 Å². The zero-order valence-electron chi connectivity index (χ0n) is 17.4. The van der Waals surface area contributed by atoms with Crippen LogP contribution in [0.4, 0.5) is 21.7 Å². The number of aromatic nitrogens is 3. The molecule has 0 aliphatic carbocycles. The van der Waals surface area contributed by atoms with Crippen LogP contribution in [0.1, 0.15) is 30.1 Å². The second-order valence-corrected chi connectivity index (χ2v) is 7.70. The molecule has 31 heavy (non-hydrogen) atoms. The van der Waals surface area contributed by atoms with E-state index in [2.05, 4.69) is 31.6 Å². The van der Waals surface area contributed by atoms with Gasteiger partial charge in [-0.2, -0.15) is 0 Å². The van der Waals surface area contributed by atoms with Crippen molar-refractivity contribution in [2.75, 3.05) is 30.3 Å². The fraction of sp³-hybridized carbons (Fsp3) is 0.304. The topological polar surface area (TPSA) is 83.0 Å². The number of benzene rings is 1. The van der Waals surface area contributed by atoms with Crippen molar-refractivity contribution in [3.8, 4) is 0 Å². The van der Waals surface area contributed by atoms with E-state index in [1.165, 1.54) is 6.07 Å². The van der Waals surface area contributed by atoms with Crippen LogP contribution >= 0.6 is 0 Å². The van der Waals surface area contributed by atoms with Crippen molar-refractivity contribution in [3.05, 3.63) is 72.1 Å². The van der Waals surface area contributed by atoms with E-state index in [1.807, 2.05) is 13.0 Å². The molecular weight excluding hydrogens is 395 g/mol. The molecule has 0 radical (unpaired) electrons. The van der Waals surface area contributed by atoms with Crippen molar-refractivity contribution in [3.63, 3.8) is 0 Å². The Hall–Kier alpha value is -3.39. The van der Waals surface area contributed by atoms with Gasteiger partial charge in [0.25, 0.3) is 0 Å². The molecule has 0 saturated carbocycles. The smallest absolute Gasteiger partial charge is 0.238 e. The Bertz CT molecular complexity index is 1040. The molecule has 1 aliphatic heterocycles. The molecule has 2 N–H and O–H groups in total. The number of carbonyl (C=O) groups is 1. The average Bonchev–Trinajstić information content (AvgIpc) is 2.76. The number of aryl methyl sites for hydroxylation is 1. The molecule has 1 fully saturated rings. The highest BCUT2D eigenvalue weighted by Crippen LogP contribution is 2.29. The van der Waals surface area contributed by atoms with Gasteiger partial charge in [-0.1, -0.05) is 12.1 Å². The number of para-hydroxylation sites is 1. The number of likely N-dealkylation sites (tertiary alicyclic amines) is 1. The Labute approximate surface area is 180 Å². The molecule has 0 spiro atoms. The van der Waals surface area contributed by atoms with Crippen LogP contribution in [0.25, 0.3) is 0 Å². The van der Waals surface area contributed by atoms with Crippen LogP contribution in [0, 0.1) is 12.7 Å². The van der Waals surface area contributed by atoms with Crippen LogP contribution < -0.4 is 10.6 Å². The maximum atomic E-state index is 13.7. The molecule has 1 amide bonds.